The third-order valence-corrected chi connectivity index (χ3v) is 4.55. The van der Waals surface area contributed by atoms with Crippen LogP contribution in [0, 0.1) is 0 Å². The topological polar surface area (TPSA) is 70.1 Å². The summed E-state index contributed by atoms with van der Waals surface area (Å²) in [6.07, 6.45) is 4.26. The lowest BCUT2D eigenvalue weighted by Crippen LogP contribution is -2.48. The number of carbonyl (C=O) groups excluding carboxylic acids is 1. The van der Waals surface area contributed by atoms with Gasteiger partial charge in [0.05, 0.1) is 12.3 Å². The summed E-state index contributed by atoms with van der Waals surface area (Å²) in [6.45, 7) is 5.05. The van der Waals surface area contributed by atoms with E-state index < -0.39 is 5.54 Å². The first kappa shape index (κ1) is 15.7. The van der Waals surface area contributed by atoms with Crippen molar-refractivity contribution in [3.63, 3.8) is 0 Å². The van der Waals surface area contributed by atoms with Crippen molar-refractivity contribution >= 4 is 5.97 Å². The first-order valence-corrected chi connectivity index (χ1v) is 8.21. The zero-order valence-electron chi connectivity index (χ0n) is 13.7. The van der Waals surface area contributed by atoms with E-state index in [1.165, 1.54) is 0 Å². The van der Waals surface area contributed by atoms with Gasteiger partial charge in [-0.3, -0.25) is 4.68 Å². The molecule has 1 atom stereocenters. The van der Waals surface area contributed by atoms with Gasteiger partial charge in [-0.15, -0.1) is 0 Å². The number of hydrogen-bond donors (Lipinski definition) is 1. The van der Waals surface area contributed by atoms with Crippen LogP contribution in [0.25, 0.3) is 11.3 Å². The van der Waals surface area contributed by atoms with Gasteiger partial charge in [0.1, 0.15) is 5.54 Å². The number of nitrogens with zero attached hydrogens (tertiary/aromatic N) is 2. The summed E-state index contributed by atoms with van der Waals surface area (Å²) >= 11 is 0. The van der Waals surface area contributed by atoms with Gasteiger partial charge in [-0.25, -0.2) is 4.79 Å². The molecule has 0 radical (unpaired) electrons. The number of ether oxygens (including phenoxy) is 1. The maximum atomic E-state index is 12.3. The Morgan fingerprint density at radius 3 is 2.96 bits per heavy atom. The van der Waals surface area contributed by atoms with E-state index in [9.17, 15) is 4.79 Å². The average molecular weight is 313 g/mol. The van der Waals surface area contributed by atoms with Crippen molar-refractivity contribution in [1.29, 1.82) is 0 Å². The molecule has 0 saturated heterocycles. The zero-order chi connectivity index (χ0) is 16.4. The molecule has 0 fully saturated rings. The molecule has 2 aromatic rings. The van der Waals surface area contributed by atoms with Crippen LogP contribution in [0.4, 0.5) is 0 Å². The lowest BCUT2D eigenvalue weighted by atomic mass is 9.76. The summed E-state index contributed by atoms with van der Waals surface area (Å²) in [5, 5.41) is 4.32. The predicted octanol–water partition coefficient (Wildman–Crippen LogP) is 2.62. The van der Waals surface area contributed by atoms with E-state index in [1.807, 2.05) is 29.1 Å². The van der Waals surface area contributed by atoms with Gasteiger partial charge < -0.3 is 10.5 Å². The van der Waals surface area contributed by atoms with Gasteiger partial charge in [0.2, 0.25) is 0 Å². The van der Waals surface area contributed by atoms with Crippen LogP contribution in [0.1, 0.15) is 37.8 Å². The molecule has 122 valence electrons. The first-order valence-electron chi connectivity index (χ1n) is 8.21. The second kappa shape index (κ2) is 6.16. The third-order valence-electron chi connectivity index (χ3n) is 4.55. The van der Waals surface area contributed by atoms with Gasteiger partial charge in [0, 0.05) is 18.3 Å². The standard InChI is InChI=1S/C18H23N3O2/c1-3-21-16(9-11-20-21)14-7-8-15-13(12-14)6-5-10-18(15,19)17(22)23-4-2/h7-9,11-12H,3-6,10,19H2,1-2H3. The maximum Gasteiger partial charge on any atom is 0.330 e. The minimum Gasteiger partial charge on any atom is -0.464 e. The number of benzene rings is 1. The Morgan fingerprint density at radius 1 is 1.39 bits per heavy atom. The molecule has 0 saturated carbocycles. The Morgan fingerprint density at radius 2 is 2.22 bits per heavy atom. The molecule has 0 bridgehead atoms. The normalized spacial score (nSPS) is 20.1. The molecular formula is C18H23N3O2. The van der Waals surface area contributed by atoms with Crippen molar-refractivity contribution in [2.75, 3.05) is 6.61 Å². The Bertz CT molecular complexity index is 723. The highest BCUT2D eigenvalue weighted by Crippen LogP contribution is 2.36. The largest absolute Gasteiger partial charge is 0.464 e. The number of aromatic nitrogens is 2. The van der Waals surface area contributed by atoms with Crippen molar-refractivity contribution in [2.24, 2.45) is 5.73 Å². The fourth-order valence-electron chi connectivity index (χ4n) is 3.39. The first-order chi connectivity index (χ1) is 11.1. The number of aryl methyl sites for hydroxylation is 2. The number of rotatable bonds is 4. The molecular weight excluding hydrogens is 290 g/mol. The van der Waals surface area contributed by atoms with Crippen LogP contribution >= 0.6 is 0 Å². The Labute approximate surface area is 136 Å². The predicted molar refractivity (Wildman–Crippen MR) is 88.8 cm³/mol. The highest BCUT2D eigenvalue weighted by Gasteiger charge is 2.41. The van der Waals surface area contributed by atoms with Crippen molar-refractivity contribution in [1.82, 2.24) is 9.78 Å². The lowest BCUT2D eigenvalue weighted by molar-refractivity contribution is -0.150. The number of esters is 1. The van der Waals surface area contributed by atoms with Crippen LogP contribution in [0.2, 0.25) is 0 Å². The summed E-state index contributed by atoms with van der Waals surface area (Å²) in [5.74, 6) is -0.327. The van der Waals surface area contributed by atoms with Crippen LogP contribution in [0.3, 0.4) is 0 Å². The van der Waals surface area contributed by atoms with Crippen molar-refractivity contribution in [3.8, 4) is 11.3 Å². The monoisotopic (exact) mass is 313 g/mol. The average Bonchev–Trinajstić information content (AvgIpc) is 3.03. The molecule has 1 aliphatic carbocycles. The zero-order valence-corrected chi connectivity index (χ0v) is 13.7. The molecule has 1 aromatic heterocycles. The van der Waals surface area contributed by atoms with Crippen LogP contribution in [-0.4, -0.2) is 22.4 Å². The second-order valence-corrected chi connectivity index (χ2v) is 5.95. The molecule has 23 heavy (non-hydrogen) atoms. The summed E-state index contributed by atoms with van der Waals surface area (Å²) in [6, 6.07) is 8.15. The Hall–Kier alpha value is -2.14. The number of fused-ring (bicyclic) bond motifs is 1. The minimum absolute atomic E-state index is 0.327. The summed E-state index contributed by atoms with van der Waals surface area (Å²) in [5.41, 5.74) is 9.63. The van der Waals surface area contributed by atoms with E-state index >= 15 is 0 Å². The van der Waals surface area contributed by atoms with E-state index in [4.69, 9.17) is 10.5 Å². The molecule has 0 amide bonds. The van der Waals surface area contributed by atoms with Crippen molar-refractivity contribution < 1.29 is 9.53 Å². The molecule has 1 aromatic carbocycles. The molecule has 1 heterocycles. The molecule has 1 aliphatic rings. The fourth-order valence-corrected chi connectivity index (χ4v) is 3.39. The highest BCUT2D eigenvalue weighted by atomic mass is 16.5. The molecule has 5 heteroatoms. The van der Waals surface area contributed by atoms with Crippen LogP contribution < -0.4 is 5.73 Å². The van der Waals surface area contributed by atoms with Gasteiger partial charge in [-0.1, -0.05) is 12.1 Å². The van der Waals surface area contributed by atoms with Gasteiger partial charge in [-0.05, 0) is 56.4 Å². The van der Waals surface area contributed by atoms with Crippen LogP contribution in [0.5, 0.6) is 0 Å². The van der Waals surface area contributed by atoms with Gasteiger partial charge in [0.15, 0.2) is 0 Å². The van der Waals surface area contributed by atoms with Gasteiger partial charge >= 0.3 is 5.97 Å². The number of nitrogens with two attached hydrogens (primary N) is 1. The summed E-state index contributed by atoms with van der Waals surface area (Å²) < 4.78 is 7.17. The minimum atomic E-state index is -1.02. The quantitative estimate of drug-likeness (QED) is 0.881. The maximum absolute atomic E-state index is 12.3. The summed E-state index contributed by atoms with van der Waals surface area (Å²) in [7, 11) is 0. The van der Waals surface area contributed by atoms with Crippen LogP contribution in [0.15, 0.2) is 30.5 Å². The molecule has 5 nitrogen and oxygen atoms in total. The second-order valence-electron chi connectivity index (χ2n) is 5.95. The van der Waals surface area contributed by atoms with Gasteiger partial charge in [0.25, 0.3) is 0 Å². The SMILES string of the molecule is CCOC(=O)C1(N)CCCc2cc(-c3ccnn3CC)ccc21. The van der Waals surface area contributed by atoms with E-state index in [1.54, 1.807) is 6.92 Å². The number of hydrogen-bond acceptors (Lipinski definition) is 4. The fraction of sp³-hybridized carbons (Fsp3) is 0.444. The molecule has 0 spiro atoms. The van der Waals surface area contributed by atoms with E-state index in [2.05, 4.69) is 18.1 Å². The third kappa shape index (κ3) is 2.65. The summed E-state index contributed by atoms with van der Waals surface area (Å²) in [4.78, 5) is 12.3. The van der Waals surface area contributed by atoms with E-state index in [0.29, 0.717) is 13.0 Å². The Balaban J connectivity index is 2.02. The smallest absolute Gasteiger partial charge is 0.330 e. The molecule has 0 aliphatic heterocycles. The van der Waals surface area contributed by atoms with Crippen molar-refractivity contribution in [3.05, 3.63) is 41.6 Å². The van der Waals surface area contributed by atoms with Crippen LogP contribution in [-0.2, 0) is 28.0 Å². The number of carbonyl (C=O) groups is 1. The van der Waals surface area contributed by atoms with Gasteiger partial charge in [-0.2, -0.15) is 5.10 Å². The molecule has 2 N–H and O–H groups in total. The highest BCUT2D eigenvalue weighted by molar-refractivity contribution is 5.83. The molecule has 1 unspecified atom stereocenters. The Kier molecular flexibility index (Phi) is 4.22. The van der Waals surface area contributed by atoms with E-state index in [0.717, 1.165) is 41.8 Å². The lowest BCUT2D eigenvalue weighted by Gasteiger charge is -2.33. The molecule has 3 rings (SSSR count). The van der Waals surface area contributed by atoms with E-state index in [-0.39, 0.29) is 5.97 Å². The van der Waals surface area contributed by atoms with Crippen molar-refractivity contribution in [2.45, 2.75) is 45.2 Å².